The van der Waals surface area contributed by atoms with E-state index in [1.54, 1.807) is 48.1 Å². The molecule has 7 heteroatoms. The number of amides is 1. The summed E-state index contributed by atoms with van der Waals surface area (Å²) in [5, 5.41) is 4.38. The van der Waals surface area contributed by atoms with Gasteiger partial charge in [0.1, 0.15) is 5.82 Å². The Bertz CT molecular complexity index is 786. The van der Waals surface area contributed by atoms with Crippen LogP contribution in [-0.4, -0.2) is 36.5 Å². The molecule has 0 unspecified atom stereocenters. The van der Waals surface area contributed by atoms with Crippen LogP contribution in [0.4, 0.5) is 5.82 Å². The van der Waals surface area contributed by atoms with Crippen molar-refractivity contribution in [2.24, 2.45) is 7.05 Å². The molecule has 2 aromatic rings. The second-order valence-corrected chi connectivity index (χ2v) is 6.24. The monoisotopic (exact) mass is 407 g/mol. The zero-order chi connectivity index (χ0) is 18.6. The van der Waals surface area contributed by atoms with Crippen LogP contribution in [0.2, 0.25) is 0 Å². The lowest BCUT2D eigenvalue weighted by Crippen LogP contribution is -2.33. The van der Waals surface area contributed by atoms with Crippen LogP contribution in [0.15, 0.2) is 35.3 Å². The predicted octanol–water partition coefficient (Wildman–Crippen LogP) is 3.73. The molecule has 0 spiro atoms. The molecule has 0 N–H and O–H groups in total. The Morgan fingerprint density at radius 1 is 1.36 bits per heavy atom. The lowest BCUT2D eigenvalue weighted by molar-refractivity contribution is 0.0985. The normalized spacial score (nSPS) is 10.4. The molecule has 25 heavy (non-hydrogen) atoms. The maximum absolute atomic E-state index is 13.2. The van der Waals surface area contributed by atoms with Gasteiger partial charge in [-0.3, -0.25) is 14.4 Å². The van der Waals surface area contributed by atoms with Gasteiger partial charge >= 0.3 is 0 Å². The number of aryl methyl sites for hydroxylation is 2. The van der Waals surface area contributed by atoms with Crippen molar-refractivity contribution in [2.75, 3.05) is 25.7 Å². The summed E-state index contributed by atoms with van der Waals surface area (Å²) >= 11 is 3.54. The molecule has 1 aromatic heterocycles. The van der Waals surface area contributed by atoms with E-state index in [0.717, 1.165) is 10.2 Å². The maximum atomic E-state index is 13.2. The molecule has 0 saturated heterocycles. The molecule has 0 radical (unpaired) electrons. The number of rotatable bonds is 7. The SMILES string of the molecule is C=CCCN(C(=O)c1ccc(OC)c(OC)c1)c1c(Br)c(C)nn1C. The van der Waals surface area contributed by atoms with Crippen molar-refractivity contribution in [3.63, 3.8) is 0 Å². The fourth-order valence-electron chi connectivity index (χ4n) is 2.56. The summed E-state index contributed by atoms with van der Waals surface area (Å²) in [5.74, 6) is 1.65. The highest BCUT2D eigenvalue weighted by Crippen LogP contribution is 2.32. The number of carbonyl (C=O) groups excluding carboxylic acids is 1. The molecular formula is C18H22BrN3O3. The van der Waals surface area contributed by atoms with E-state index in [0.29, 0.717) is 35.8 Å². The standard InChI is InChI=1S/C18H22BrN3O3/c1-6-7-10-22(17-16(19)12(2)20-21(17)3)18(23)13-8-9-14(24-4)15(11-13)25-5/h6,8-9,11H,1,7,10H2,2-5H3. The summed E-state index contributed by atoms with van der Waals surface area (Å²) in [6.07, 6.45) is 2.45. The molecular weight excluding hydrogens is 386 g/mol. The van der Waals surface area contributed by atoms with Gasteiger partial charge in [0.15, 0.2) is 11.5 Å². The minimum atomic E-state index is -0.147. The molecule has 6 nitrogen and oxygen atoms in total. The molecule has 1 amide bonds. The number of hydrogen-bond donors (Lipinski definition) is 0. The lowest BCUT2D eigenvalue weighted by atomic mass is 10.1. The number of halogens is 1. The summed E-state index contributed by atoms with van der Waals surface area (Å²) in [5.41, 5.74) is 1.33. The topological polar surface area (TPSA) is 56.6 Å². The highest BCUT2D eigenvalue weighted by Gasteiger charge is 2.25. The van der Waals surface area contributed by atoms with Gasteiger partial charge in [-0.2, -0.15) is 5.10 Å². The first-order chi connectivity index (χ1) is 11.9. The number of hydrogen-bond acceptors (Lipinski definition) is 4. The third kappa shape index (κ3) is 3.87. The Balaban J connectivity index is 2.47. The average Bonchev–Trinajstić information content (AvgIpc) is 2.87. The van der Waals surface area contributed by atoms with E-state index < -0.39 is 0 Å². The summed E-state index contributed by atoms with van der Waals surface area (Å²) in [4.78, 5) is 14.9. The van der Waals surface area contributed by atoms with Gasteiger partial charge in [0.05, 0.1) is 24.4 Å². The van der Waals surface area contributed by atoms with Crippen molar-refractivity contribution in [2.45, 2.75) is 13.3 Å². The Hall–Kier alpha value is -2.28. The number of ether oxygens (including phenoxy) is 2. The number of carbonyl (C=O) groups is 1. The lowest BCUT2D eigenvalue weighted by Gasteiger charge is -2.23. The Morgan fingerprint density at radius 2 is 2.04 bits per heavy atom. The molecule has 1 aromatic carbocycles. The fraction of sp³-hybridized carbons (Fsp3) is 0.333. The molecule has 0 aliphatic rings. The van der Waals surface area contributed by atoms with Crippen molar-refractivity contribution < 1.29 is 14.3 Å². The van der Waals surface area contributed by atoms with Crippen molar-refractivity contribution in [1.82, 2.24) is 9.78 Å². The van der Waals surface area contributed by atoms with Crippen molar-refractivity contribution in [1.29, 1.82) is 0 Å². The Labute approximate surface area is 156 Å². The largest absolute Gasteiger partial charge is 0.493 e. The number of nitrogens with zero attached hydrogens (tertiary/aromatic N) is 3. The quantitative estimate of drug-likeness (QED) is 0.656. The third-order valence-corrected chi connectivity index (χ3v) is 4.74. The molecule has 0 saturated carbocycles. The van der Waals surface area contributed by atoms with Crippen LogP contribution in [0.3, 0.4) is 0 Å². The molecule has 2 rings (SSSR count). The zero-order valence-electron chi connectivity index (χ0n) is 14.9. The van der Waals surface area contributed by atoms with E-state index in [2.05, 4.69) is 27.6 Å². The predicted molar refractivity (Wildman–Crippen MR) is 102 cm³/mol. The van der Waals surface area contributed by atoms with Gasteiger partial charge in [0.2, 0.25) is 0 Å². The summed E-state index contributed by atoms with van der Waals surface area (Å²) in [6.45, 7) is 6.13. The zero-order valence-corrected chi connectivity index (χ0v) is 16.5. The van der Waals surface area contributed by atoms with Gasteiger partial charge in [-0.15, -0.1) is 6.58 Å². The molecule has 0 fully saturated rings. The van der Waals surface area contributed by atoms with E-state index in [9.17, 15) is 4.79 Å². The van der Waals surface area contributed by atoms with Crippen LogP contribution < -0.4 is 14.4 Å². The van der Waals surface area contributed by atoms with E-state index in [-0.39, 0.29) is 5.91 Å². The van der Waals surface area contributed by atoms with E-state index in [4.69, 9.17) is 9.47 Å². The minimum Gasteiger partial charge on any atom is -0.493 e. The van der Waals surface area contributed by atoms with Gasteiger partial charge < -0.3 is 9.47 Å². The smallest absolute Gasteiger partial charge is 0.259 e. The van der Waals surface area contributed by atoms with Crippen molar-refractivity contribution >= 4 is 27.7 Å². The van der Waals surface area contributed by atoms with E-state index in [1.807, 2.05) is 14.0 Å². The van der Waals surface area contributed by atoms with Gasteiger partial charge in [-0.25, -0.2) is 0 Å². The van der Waals surface area contributed by atoms with Crippen LogP contribution in [-0.2, 0) is 7.05 Å². The Morgan fingerprint density at radius 3 is 2.56 bits per heavy atom. The average molecular weight is 408 g/mol. The first kappa shape index (κ1) is 19.1. The number of methoxy groups -OCH3 is 2. The van der Waals surface area contributed by atoms with Crippen LogP contribution in [0.1, 0.15) is 22.5 Å². The van der Waals surface area contributed by atoms with E-state index in [1.165, 1.54) is 0 Å². The van der Waals surface area contributed by atoms with Gasteiger partial charge in [0, 0.05) is 19.2 Å². The highest BCUT2D eigenvalue weighted by molar-refractivity contribution is 9.10. The van der Waals surface area contributed by atoms with Crippen LogP contribution in [0.5, 0.6) is 11.5 Å². The first-order valence-electron chi connectivity index (χ1n) is 7.78. The number of aromatic nitrogens is 2. The molecule has 0 aliphatic heterocycles. The molecule has 0 aliphatic carbocycles. The van der Waals surface area contributed by atoms with Crippen molar-refractivity contribution in [3.05, 3.63) is 46.6 Å². The number of anilines is 1. The van der Waals surface area contributed by atoms with Gasteiger partial charge in [-0.1, -0.05) is 6.08 Å². The number of benzene rings is 1. The van der Waals surface area contributed by atoms with Gasteiger partial charge in [-0.05, 0) is 47.5 Å². The Kier molecular flexibility index (Phi) is 6.25. The fourth-order valence-corrected chi connectivity index (χ4v) is 3.11. The minimum absolute atomic E-state index is 0.147. The second-order valence-electron chi connectivity index (χ2n) is 5.45. The van der Waals surface area contributed by atoms with Crippen LogP contribution >= 0.6 is 15.9 Å². The molecule has 1 heterocycles. The van der Waals surface area contributed by atoms with Gasteiger partial charge in [0.25, 0.3) is 5.91 Å². The molecule has 0 atom stereocenters. The molecule has 134 valence electrons. The van der Waals surface area contributed by atoms with Crippen molar-refractivity contribution in [3.8, 4) is 11.5 Å². The van der Waals surface area contributed by atoms with E-state index >= 15 is 0 Å². The summed E-state index contributed by atoms with van der Waals surface area (Å²) in [6, 6.07) is 5.13. The maximum Gasteiger partial charge on any atom is 0.259 e. The first-order valence-corrected chi connectivity index (χ1v) is 8.57. The summed E-state index contributed by atoms with van der Waals surface area (Å²) < 4.78 is 13.0. The second kappa shape index (κ2) is 8.20. The van der Waals surface area contributed by atoms with Crippen LogP contribution in [0.25, 0.3) is 0 Å². The highest BCUT2D eigenvalue weighted by atomic mass is 79.9. The molecule has 0 bridgehead atoms. The third-order valence-electron chi connectivity index (χ3n) is 3.81. The van der Waals surface area contributed by atoms with Crippen LogP contribution in [0, 0.1) is 6.92 Å². The summed E-state index contributed by atoms with van der Waals surface area (Å²) in [7, 11) is 4.92.